The summed E-state index contributed by atoms with van der Waals surface area (Å²) < 4.78 is 61.5. The molecule has 0 aliphatic heterocycles. The summed E-state index contributed by atoms with van der Waals surface area (Å²) in [5, 5.41) is 4.83. The molecule has 6 aromatic rings. The molecule has 0 radical (unpaired) electrons. The number of fused-ring (bicyclic) bond motifs is 6. The summed E-state index contributed by atoms with van der Waals surface area (Å²) in [4.78, 5) is 18.3. The minimum Gasteiger partial charge on any atom is -0.724 e. The van der Waals surface area contributed by atoms with E-state index in [1.807, 2.05) is 24.8 Å². The van der Waals surface area contributed by atoms with Crippen molar-refractivity contribution in [1.29, 1.82) is 0 Å². The van der Waals surface area contributed by atoms with Gasteiger partial charge in [0.25, 0.3) is 0 Å². The van der Waals surface area contributed by atoms with E-state index < -0.39 is 20.8 Å². The summed E-state index contributed by atoms with van der Waals surface area (Å²) in [5.41, 5.74) is 14.1. The van der Waals surface area contributed by atoms with Crippen molar-refractivity contribution in [2.75, 3.05) is 0 Å². The number of pyridine rings is 4. The van der Waals surface area contributed by atoms with Crippen LogP contribution in [0.4, 0.5) is 0 Å². The number of aromatic nitrogens is 4. The van der Waals surface area contributed by atoms with Gasteiger partial charge in [0.2, 0.25) is 20.8 Å². The van der Waals surface area contributed by atoms with Crippen molar-refractivity contribution in [3.05, 3.63) is 93.6 Å². The summed E-state index contributed by atoms with van der Waals surface area (Å²) >= 11 is 0. The first-order valence-corrected chi connectivity index (χ1v) is 16.6. The van der Waals surface area contributed by atoms with Gasteiger partial charge in [-0.3, -0.25) is 19.9 Å². The minimum absolute atomic E-state index is 0. The van der Waals surface area contributed by atoms with Crippen molar-refractivity contribution in [3.63, 3.8) is 0 Å². The molecular weight excluding hydrogens is 698 g/mol. The number of hydrogen-bond acceptors (Lipinski definition) is 12. The molecule has 15 heteroatoms. The van der Waals surface area contributed by atoms with Crippen LogP contribution >= 0.6 is 0 Å². The van der Waals surface area contributed by atoms with Crippen LogP contribution in [0.15, 0.2) is 49.1 Å². The van der Waals surface area contributed by atoms with Gasteiger partial charge in [-0.2, -0.15) is 0 Å². The van der Waals surface area contributed by atoms with Gasteiger partial charge in [-0.1, -0.05) is 24.3 Å². The zero-order valence-corrected chi connectivity index (χ0v) is 31.8. The first-order valence-electron chi connectivity index (χ1n) is 13.9. The molecule has 4 heterocycles. The van der Waals surface area contributed by atoms with E-state index in [9.17, 15) is 25.9 Å². The third-order valence-corrected chi connectivity index (χ3v) is 8.58. The van der Waals surface area contributed by atoms with E-state index in [1.165, 1.54) is 66.1 Å². The first kappa shape index (κ1) is 37.9. The van der Waals surface area contributed by atoms with Crippen molar-refractivity contribution in [2.24, 2.45) is 0 Å². The minimum atomic E-state index is -5.31. The fraction of sp³-hybridized carbons (Fsp3) is 0.250. The number of benzene rings is 2. The summed E-state index contributed by atoms with van der Waals surface area (Å²) in [7, 11) is -10.6. The molecule has 0 aliphatic carbocycles. The van der Waals surface area contributed by atoms with Gasteiger partial charge in [0.15, 0.2) is 0 Å². The molecule has 0 saturated carbocycles. The van der Waals surface area contributed by atoms with E-state index >= 15 is 0 Å². The van der Waals surface area contributed by atoms with Gasteiger partial charge in [-0.25, -0.2) is 16.8 Å². The normalized spacial score (nSPS) is 11.5. The van der Waals surface area contributed by atoms with Crippen LogP contribution in [0.5, 0.6) is 0 Å². The van der Waals surface area contributed by atoms with Crippen molar-refractivity contribution >= 4 is 64.4 Å². The van der Waals surface area contributed by atoms with E-state index in [1.54, 1.807) is 0 Å². The molecule has 0 atom stereocenters. The Labute approximate surface area is 286 Å². The van der Waals surface area contributed by atoms with Crippen molar-refractivity contribution in [2.45, 2.75) is 55.4 Å². The summed E-state index contributed by atoms with van der Waals surface area (Å²) in [6, 6.07) is 8.67. The predicted molar refractivity (Wildman–Crippen MR) is 174 cm³/mol. The molecule has 242 valence electrons. The molecule has 0 N–H and O–H groups in total. The Morgan fingerprint density at radius 2 is 0.638 bits per heavy atom. The van der Waals surface area contributed by atoms with E-state index in [0.717, 1.165) is 22.1 Å². The van der Waals surface area contributed by atoms with Crippen molar-refractivity contribution in [1.82, 2.24) is 19.9 Å². The van der Waals surface area contributed by atoms with Gasteiger partial charge in [0, 0.05) is 46.3 Å². The topological polar surface area (TPSA) is 184 Å². The van der Waals surface area contributed by atoms with Gasteiger partial charge in [-0.15, -0.1) is 8.67 Å². The van der Waals surface area contributed by atoms with Crippen LogP contribution in [0.25, 0.3) is 43.6 Å². The maximum Gasteiger partial charge on any atom is 2.00 e. The van der Waals surface area contributed by atoms with E-state index in [0.29, 0.717) is 0 Å². The predicted octanol–water partition coefficient (Wildman–Crippen LogP) is 5.89. The average molecular weight is 730 g/mol. The maximum atomic E-state index is 9.37. The third kappa shape index (κ3) is 8.68. The molecule has 0 bridgehead atoms. The van der Waals surface area contributed by atoms with Crippen LogP contribution in [0.1, 0.15) is 44.5 Å². The molecule has 4 aromatic heterocycles. The molecule has 0 spiro atoms. The largest absolute Gasteiger partial charge is 2.00 e. The number of aryl methyl sites for hydroxylation is 8. The van der Waals surface area contributed by atoms with Gasteiger partial charge >= 0.3 is 19.5 Å². The second kappa shape index (κ2) is 14.7. The third-order valence-electron chi connectivity index (χ3n) is 8.03. The molecule has 0 unspecified atom stereocenters. The van der Waals surface area contributed by atoms with Crippen LogP contribution in [-0.2, 0) is 48.9 Å². The first-order chi connectivity index (χ1) is 21.4. The molecule has 0 saturated heterocycles. The SMILES string of the molecule is Cc1cnc2c(ccc3c(C)c(C)cnc32)c1C.Cc1cnc2c(ccc3c(C)c(C)cnc32)c1C.O=S(=O)([O-])OOS(=O)(=O)[O-].[Zn+2]. The van der Waals surface area contributed by atoms with Crippen LogP contribution in [0.2, 0.25) is 0 Å². The molecule has 6 rings (SSSR count). The monoisotopic (exact) mass is 728 g/mol. The van der Waals surface area contributed by atoms with Gasteiger partial charge < -0.3 is 9.11 Å². The zero-order valence-electron chi connectivity index (χ0n) is 27.2. The second-order valence-electron chi connectivity index (χ2n) is 10.9. The fourth-order valence-electron chi connectivity index (χ4n) is 4.84. The molecule has 12 nitrogen and oxygen atoms in total. The Balaban J connectivity index is 0.000000199. The fourth-order valence-corrected chi connectivity index (χ4v) is 5.39. The number of nitrogens with zero attached hydrogens (tertiary/aromatic N) is 4. The Morgan fingerprint density at radius 1 is 0.447 bits per heavy atom. The van der Waals surface area contributed by atoms with Crippen LogP contribution in [0, 0.1) is 55.4 Å². The summed E-state index contributed by atoms with van der Waals surface area (Å²) in [5.74, 6) is 0. The quantitative estimate of drug-likeness (QED) is 0.0527. The van der Waals surface area contributed by atoms with Crippen molar-refractivity contribution < 1.29 is 54.1 Å². The van der Waals surface area contributed by atoms with Gasteiger partial charge in [-0.05, 0) is 99.9 Å². The Hall–Kier alpha value is -3.56. The molecule has 0 aliphatic rings. The zero-order chi connectivity index (χ0) is 34.1. The number of rotatable bonds is 3. The van der Waals surface area contributed by atoms with Crippen LogP contribution in [0.3, 0.4) is 0 Å². The average Bonchev–Trinajstić information content (AvgIpc) is 2.99. The van der Waals surface area contributed by atoms with Crippen molar-refractivity contribution in [3.8, 4) is 0 Å². The maximum absolute atomic E-state index is 9.37. The van der Waals surface area contributed by atoms with E-state index in [4.69, 9.17) is 0 Å². The summed E-state index contributed by atoms with van der Waals surface area (Å²) in [6.07, 6.45) is 7.75. The Kier molecular flexibility index (Phi) is 11.8. The van der Waals surface area contributed by atoms with Crippen LogP contribution in [-0.4, -0.2) is 45.9 Å². The molecule has 0 amide bonds. The molecule has 2 aromatic carbocycles. The Morgan fingerprint density at radius 3 is 0.809 bits per heavy atom. The smallest absolute Gasteiger partial charge is 0.724 e. The van der Waals surface area contributed by atoms with E-state index in [2.05, 4.69) is 108 Å². The summed E-state index contributed by atoms with van der Waals surface area (Å²) in [6.45, 7) is 17.0. The van der Waals surface area contributed by atoms with Gasteiger partial charge in [0.05, 0.1) is 22.1 Å². The number of hydrogen-bond donors (Lipinski definition) is 0. The molecule has 0 fully saturated rings. The van der Waals surface area contributed by atoms with Crippen LogP contribution < -0.4 is 0 Å². The Bertz CT molecular complexity index is 2070. The molecule has 47 heavy (non-hydrogen) atoms. The van der Waals surface area contributed by atoms with Gasteiger partial charge in [0.1, 0.15) is 0 Å². The molecular formula is C32H32N4O8S2Zn. The van der Waals surface area contributed by atoms with E-state index in [-0.39, 0.29) is 19.5 Å². The second-order valence-corrected chi connectivity index (χ2v) is 12.8. The standard InChI is InChI=1S/2C16H16N2.H2O8S2.Zn/c2*1-9-7-17-15-13(11(9)3)5-6-14-12(4)10(2)8-18-16(14)15;1-9(2,3)7-8-10(4,5)6;/h2*5-8H,1-4H3;(H,1,2,3)(H,4,5,6);/q;;;+2/p-2.